The number of hydrogen-bond acceptors (Lipinski definition) is 3. The van der Waals surface area contributed by atoms with Crippen LogP contribution >= 0.6 is 0 Å². The highest BCUT2D eigenvalue weighted by Crippen LogP contribution is 2.40. The summed E-state index contributed by atoms with van der Waals surface area (Å²) in [6.07, 6.45) is 9.37. The topological polar surface area (TPSA) is 46.6 Å². The Hall–Kier alpha value is -1.84. The van der Waals surface area contributed by atoms with E-state index in [9.17, 15) is 9.59 Å². The van der Waals surface area contributed by atoms with Gasteiger partial charge < -0.3 is 9.64 Å². The molecule has 3 rings (SSSR count). The molecule has 2 bridgehead atoms. The smallest absolute Gasteiger partial charge is 0.410 e. The highest BCUT2D eigenvalue weighted by molar-refractivity contribution is 5.98. The second kappa shape index (κ2) is 9.32. The van der Waals surface area contributed by atoms with E-state index in [1.165, 1.54) is 31.2 Å². The molecule has 2 atom stereocenters. The number of unbranched alkanes of at least 4 members (excludes halogenated alkanes) is 3. The Morgan fingerprint density at radius 2 is 1.62 bits per heavy atom. The molecule has 29 heavy (non-hydrogen) atoms. The summed E-state index contributed by atoms with van der Waals surface area (Å²) in [5, 5.41) is 0. The number of ether oxygens (including phenoxy) is 1. The van der Waals surface area contributed by atoms with Crippen LogP contribution in [0, 0.1) is 5.92 Å². The van der Waals surface area contributed by atoms with Gasteiger partial charge in [0.05, 0.1) is 0 Å². The number of nitrogens with zero attached hydrogens (tertiary/aromatic N) is 1. The number of carbonyl (C=O) groups is 2. The van der Waals surface area contributed by atoms with E-state index in [-0.39, 0.29) is 29.9 Å². The summed E-state index contributed by atoms with van der Waals surface area (Å²) in [5.41, 5.74) is 1.65. The molecular weight excluding hydrogens is 362 g/mol. The average molecular weight is 400 g/mol. The number of hydrogen-bond donors (Lipinski definition) is 0. The van der Waals surface area contributed by atoms with Crippen molar-refractivity contribution in [3.63, 3.8) is 0 Å². The second-order valence-corrected chi connectivity index (χ2v) is 9.81. The summed E-state index contributed by atoms with van der Waals surface area (Å²) in [5.74, 6) is 0.255. The van der Waals surface area contributed by atoms with Gasteiger partial charge in [0.25, 0.3) is 0 Å². The number of benzene rings is 1. The third-order valence-electron chi connectivity index (χ3n) is 6.27. The van der Waals surface area contributed by atoms with Crippen molar-refractivity contribution < 1.29 is 14.3 Å². The number of piperidine rings is 1. The van der Waals surface area contributed by atoms with E-state index in [2.05, 4.69) is 19.1 Å². The molecule has 0 saturated carbocycles. The minimum Gasteiger partial charge on any atom is -0.444 e. The van der Waals surface area contributed by atoms with Crippen LogP contribution in [0.2, 0.25) is 0 Å². The maximum Gasteiger partial charge on any atom is 0.410 e. The molecular formula is C25H37NO3. The zero-order chi connectivity index (χ0) is 21.0. The number of rotatable bonds is 7. The zero-order valence-electron chi connectivity index (χ0n) is 18.6. The maximum absolute atomic E-state index is 13.1. The molecule has 1 aromatic carbocycles. The van der Waals surface area contributed by atoms with Crippen molar-refractivity contribution in [2.75, 3.05) is 0 Å². The molecule has 2 fully saturated rings. The Kier molecular flexibility index (Phi) is 7.02. The van der Waals surface area contributed by atoms with Crippen molar-refractivity contribution in [2.45, 2.75) is 103 Å². The molecule has 0 radical (unpaired) electrons. The fraction of sp³-hybridized carbons (Fsp3) is 0.680. The van der Waals surface area contributed by atoms with E-state index in [1.54, 1.807) is 0 Å². The zero-order valence-corrected chi connectivity index (χ0v) is 18.6. The van der Waals surface area contributed by atoms with Gasteiger partial charge in [-0.05, 0) is 64.9 Å². The van der Waals surface area contributed by atoms with E-state index in [4.69, 9.17) is 4.74 Å². The van der Waals surface area contributed by atoms with Gasteiger partial charge in [-0.1, -0.05) is 50.5 Å². The number of amides is 1. The number of carbonyl (C=O) groups excluding carboxylic acids is 2. The van der Waals surface area contributed by atoms with Gasteiger partial charge in [-0.3, -0.25) is 4.79 Å². The van der Waals surface area contributed by atoms with Gasteiger partial charge in [0.2, 0.25) is 0 Å². The summed E-state index contributed by atoms with van der Waals surface area (Å²) in [6.45, 7) is 7.92. The molecule has 0 aliphatic carbocycles. The van der Waals surface area contributed by atoms with Gasteiger partial charge in [-0.2, -0.15) is 0 Å². The van der Waals surface area contributed by atoms with Crippen LogP contribution in [0.15, 0.2) is 24.3 Å². The van der Waals surface area contributed by atoms with E-state index < -0.39 is 5.60 Å². The van der Waals surface area contributed by atoms with Gasteiger partial charge >= 0.3 is 6.09 Å². The molecule has 2 saturated heterocycles. The van der Waals surface area contributed by atoms with Crippen LogP contribution in [-0.4, -0.2) is 34.5 Å². The number of fused-ring (bicyclic) bond motifs is 2. The highest BCUT2D eigenvalue weighted by atomic mass is 16.6. The Balaban J connectivity index is 1.57. The largest absolute Gasteiger partial charge is 0.444 e. The first kappa shape index (κ1) is 21.9. The Labute approximate surface area is 176 Å². The number of ketones is 1. The quantitative estimate of drug-likeness (QED) is 0.407. The van der Waals surface area contributed by atoms with Crippen LogP contribution in [0.1, 0.15) is 95.0 Å². The average Bonchev–Trinajstić information content (AvgIpc) is 2.94. The van der Waals surface area contributed by atoms with Crippen molar-refractivity contribution in [2.24, 2.45) is 5.92 Å². The molecule has 1 aromatic rings. The third kappa shape index (κ3) is 5.61. The lowest BCUT2D eigenvalue weighted by Gasteiger charge is -2.39. The summed E-state index contributed by atoms with van der Waals surface area (Å²) in [7, 11) is 0. The SMILES string of the molecule is CCCCCCc1ccc(C(=O)C2CC3CCC(C2)N3C(=O)OC(C)(C)C)cc1. The highest BCUT2D eigenvalue weighted by Gasteiger charge is 2.46. The van der Waals surface area contributed by atoms with Crippen LogP contribution in [0.3, 0.4) is 0 Å². The van der Waals surface area contributed by atoms with E-state index in [0.717, 1.165) is 37.7 Å². The third-order valence-corrected chi connectivity index (χ3v) is 6.27. The van der Waals surface area contributed by atoms with Gasteiger partial charge in [-0.15, -0.1) is 0 Å². The Morgan fingerprint density at radius 1 is 1.00 bits per heavy atom. The molecule has 0 aromatic heterocycles. The summed E-state index contributed by atoms with van der Waals surface area (Å²) in [6, 6.07) is 8.50. The van der Waals surface area contributed by atoms with Crippen LogP contribution in [0.5, 0.6) is 0 Å². The predicted octanol–water partition coefficient (Wildman–Crippen LogP) is 6.17. The second-order valence-electron chi connectivity index (χ2n) is 9.81. The van der Waals surface area contributed by atoms with Gasteiger partial charge in [-0.25, -0.2) is 4.79 Å². The summed E-state index contributed by atoms with van der Waals surface area (Å²) in [4.78, 5) is 27.6. The van der Waals surface area contributed by atoms with Crippen molar-refractivity contribution in [3.8, 4) is 0 Å². The van der Waals surface area contributed by atoms with Crippen molar-refractivity contribution in [1.29, 1.82) is 0 Å². The lowest BCUT2D eigenvalue weighted by Crippen LogP contribution is -2.49. The van der Waals surface area contributed by atoms with Crippen molar-refractivity contribution in [1.82, 2.24) is 4.90 Å². The Bertz CT molecular complexity index is 690. The van der Waals surface area contributed by atoms with Crippen molar-refractivity contribution >= 4 is 11.9 Å². The lowest BCUT2D eigenvalue weighted by molar-refractivity contribution is 0.00254. The fourth-order valence-electron chi connectivity index (χ4n) is 4.83. The van der Waals surface area contributed by atoms with Crippen LogP contribution < -0.4 is 0 Å². The molecule has 160 valence electrons. The van der Waals surface area contributed by atoms with E-state index in [1.807, 2.05) is 37.8 Å². The molecule has 2 aliphatic heterocycles. The van der Waals surface area contributed by atoms with Gasteiger partial charge in [0, 0.05) is 23.6 Å². The van der Waals surface area contributed by atoms with E-state index in [0.29, 0.717) is 0 Å². The molecule has 2 unspecified atom stereocenters. The first-order chi connectivity index (χ1) is 13.8. The Morgan fingerprint density at radius 3 is 2.17 bits per heavy atom. The van der Waals surface area contributed by atoms with Crippen LogP contribution in [-0.2, 0) is 11.2 Å². The lowest BCUT2D eigenvalue weighted by atomic mass is 9.84. The first-order valence-corrected chi connectivity index (χ1v) is 11.4. The molecule has 0 spiro atoms. The van der Waals surface area contributed by atoms with Crippen LogP contribution in [0.4, 0.5) is 4.79 Å². The minimum absolute atomic E-state index is 0.0154. The minimum atomic E-state index is -0.485. The van der Waals surface area contributed by atoms with E-state index >= 15 is 0 Å². The molecule has 2 aliphatic rings. The monoisotopic (exact) mass is 399 g/mol. The first-order valence-electron chi connectivity index (χ1n) is 11.4. The van der Waals surface area contributed by atoms with Gasteiger partial charge in [0.1, 0.15) is 5.60 Å². The number of aryl methyl sites for hydroxylation is 1. The summed E-state index contributed by atoms with van der Waals surface area (Å²) >= 11 is 0. The standard InChI is InChI=1S/C25H37NO3/c1-5-6-7-8-9-18-10-12-19(13-11-18)23(27)20-16-21-14-15-22(17-20)26(21)24(28)29-25(2,3)4/h10-13,20-22H,5-9,14-17H2,1-4H3. The molecule has 4 nitrogen and oxygen atoms in total. The van der Waals surface area contributed by atoms with Crippen LogP contribution in [0.25, 0.3) is 0 Å². The van der Waals surface area contributed by atoms with Crippen molar-refractivity contribution in [3.05, 3.63) is 35.4 Å². The fourth-order valence-corrected chi connectivity index (χ4v) is 4.83. The number of Topliss-reactive ketones (excluding diaryl/α,β-unsaturated/α-hetero) is 1. The maximum atomic E-state index is 13.1. The molecule has 0 N–H and O–H groups in total. The van der Waals surface area contributed by atoms with Gasteiger partial charge in [0.15, 0.2) is 5.78 Å². The predicted molar refractivity (Wildman–Crippen MR) is 116 cm³/mol. The summed E-state index contributed by atoms with van der Waals surface area (Å²) < 4.78 is 5.60. The normalized spacial score (nSPS) is 23.9. The molecule has 4 heteroatoms. The molecule has 1 amide bonds. The molecule has 2 heterocycles.